The Morgan fingerprint density at radius 3 is 1.83 bits per heavy atom. The second kappa shape index (κ2) is 4.62. The molecule has 0 bridgehead atoms. The van der Waals surface area contributed by atoms with Gasteiger partial charge in [-0.2, -0.15) is 26.3 Å². The first-order chi connectivity index (χ1) is 8.12. The van der Waals surface area contributed by atoms with E-state index >= 15 is 0 Å². The van der Waals surface area contributed by atoms with Gasteiger partial charge in [0.05, 0.1) is 11.1 Å². The molecule has 1 nitrogen and oxygen atoms in total. The molecule has 0 heterocycles. The van der Waals surface area contributed by atoms with E-state index in [0.29, 0.717) is 0 Å². The van der Waals surface area contributed by atoms with E-state index in [4.69, 9.17) is 0 Å². The Kier molecular flexibility index (Phi) is 3.73. The van der Waals surface area contributed by atoms with Crippen LogP contribution in [-0.4, -0.2) is 6.29 Å². The Bertz CT molecular complexity index is 458. The quantitative estimate of drug-likeness (QED) is 0.584. The van der Waals surface area contributed by atoms with E-state index in [0.717, 1.165) is 12.1 Å². The molecular formula is C11H8F6O. The van der Waals surface area contributed by atoms with Gasteiger partial charge in [-0.1, -0.05) is 19.1 Å². The van der Waals surface area contributed by atoms with Gasteiger partial charge in [0, 0.05) is 5.56 Å². The molecule has 7 heteroatoms. The molecule has 0 aromatic heterocycles. The molecule has 0 amide bonds. The molecule has 0 aliphatic rings. The maximum Gasteiger partial charge on any atom is 0.417 e. The number of benzene rings is 1. The van der Waals surface area contributed by atoms with Gasteiger partial charge in [0.2, 0.25) is 0 Å². The SMILES string of the molecule is CCc1ccc(C=O)c(C(F)(F)F)c1C(F)(F)F. The molecule has 0 aliphatic heterocycles. The number of rotatable bonds is 2. The molecule has 0 unspecified atom stereocenters. The van der Waals surface area contributed by atoms with Crippen LogP contribution in [-0.2, 0) is 18.8 Å². The van der Waals surface area contributed by atoms with Crippen LogP contribution in [0.5, 0.6) is 0 Å². The van der Waals surface area contributed by atoms with Gasteiger partial charge in [0.25, 0.3) is 0 Å². The fourth-order valence-electron chi connectivity index (χ4n) is 1.68. The second-order valence-electron chi connectivity index (χ2n) is 3.53. The summed E-state index contributed by atoms with van der Waals surface area (Å²) in [5, 5.41) is 0. The molecule has 0 atom stereocenters. The summed E-state index contributed by atoms with van der Waals surface area (Å²) >= 11 is 0. The Morgan fingerprint density at radius 1 is 1.00 bits per heavy atom. The number of hydrogen-bond acceptors (Lipinski definition) is 1. The van der Waals surface area contributed by atoms with Gasteiger partial charge >= 0.3 is 12.4 Å². The van der Waals surface area contributed by atoms with Crippen LogP contribution in [0.15, 0.2) is 12.1 Å². The summed E-state index contributed by atoms with van der Waals surface area (Å²) in [4.78, 5) is 10.5. The molecular weight excluding hydrogens is 262 g/mol. The number of aldehydes is 1. The van der Waals surface area contributed by atoms with E-state index in [9.17, 15) is 31.1 Å². The van der Waals surface area contributed by atoms with Gasteiger partial charge in [0.15, 0.2) is 6.29 Å². The minimum Gasteiger partial charge on any atom is -0.298 e. The highest BCUT2D eigenvalue weighted by Gasteiger charge is 2.46. The lowest BCUT2D eigenvalue weighted by molar-refractivity contribution is -0.162. The molecule has 18 heavy (non-hydrogen) atoms. The third-order valence-electron chi connectivity index (χ3n) is 2.40. The van der Waals surface area contributed by atoms with Crippen LogP contribution in [0.4, 0.5) is 26.3 Å². The normalized spacial score (nSPS) is 12.6. The van der Waals surface area contributed by atoms with Gasteiger partial charge in [-0.3, -0.25) is 4.79 Å². The van der Waals surface area contributed by atoms with E-state index in [1.165, 1.54) is 6.92 Å². The monoisotopic (exact) mass is 270 g/mol. The predicted molar refractivity (Wildman–Crippen MR) is 51.2 cm³/mol. The Hall–Kier alpha value is -1.53. The van der Waals surface area contributed by atoms with Gasteiger partial charge in [0.1, 0.15) is 0 Å². The van der Waals surface area contributed by atoms with Crippen LogP contribution >= 0.6 is 0 Å². The average Bonchev–Trinajstić information content (AvgIpc) is 2.24. The minimum atomic E-state index is -5.23. The van der Waals surface area contributed by atoms with E-state index in [1.807, 2.05) is 0 Å². The van der Waals surface area contributed by atoms with Crippen LogP contribution in [0.25, 0.3) is 0 Å². The number of hydrogen-bond donors (Lipinski definition) is 0. The van der Waals surface area contributed by atoms with Crippen molar-refractivity contribution in [2.45, 2.75) is 25.7 Å². The van der Waals surface area contributed by atoms with Crippen molar-refractivity contribution in [2.24, 2.45) is 0 Å². The van der Waals surface area contributed by atoms with Gasteiger partial charge in [-0.15, -0.1) is 0 Å². The summed E-state index contributed by atoms with van der Waals surface area (Å²) in [5.41, 5.74) is -5.18. The second-order valence-corrected chi connectivity index (χ2v) is 3.53. The Balaban J connectivity index is 3.76. The zero-order chi connectivity index (χ0) is 14.1. The molecule has 1 aromatic rings. The fraction of sp³-hybridized carbons (Fsp3) is 0.364. The summed E-state index contributed by atoms with van der Waals surface area (Å²) in [6.07, 6.45) is -10.8. The molecule has 100 valence electrons. The van der Waals surface area contributed by atoms with E-state index in [-0.39, 0.29) is 12.7 Å². The van der Waals surface area contributed by atoms with Crippen molar-refractivity contribution in [3.63, 3.8) is 0 Å². The highest BCUT2D eigenvalue weighted by molar-refractivity contribution is 5.79. The van der Waals surface area contributed by atoms with Gasteiger partial charge < -0.3 is 0 Å². The lowest BCUT2D eigenvalue weighted by Gasteiger charge is -2.20. The Morgan fingerprint density at radius 2 is 1.50 bits per heavy atom. The number of carbonyl (C=O) groups excluding carboxylic acids is 1. The predicted octanol–water partition coefficient (Wildman–Crippen LogP) is 4.10. The number of aryl methyl sites for hydroxylation is 1. The molecule has 0 saturated carbocycles. The first-order valence-corrected chi connectivity index (χ1v) is 4.88. The average molecular weight is 270 g/mol. The highest BCUT2D eigenvalue weighted by Crippen LogP contribution is 2.43. The van der Waals surface area contributed by atoms with Crippen LogP contribution < -0.4 is 0 Å². The zero-order valence-corrected chi connectivity index (χ0v) is 9.12. The van der Waals surface area contributed by atoms with Crippen molar-refractivity contribution in [1.82, 2.24) is 0 Å². The molecule has 0 saturated heterocycles. The molecule has 0 fully saturated rings. The number of alkyl halides is 6. The molecule has 0 aliphatic carbocycles. The van der Waals surface area contributed by atoms with Crippen molar-refractivity contribution in [3.8, 4) is 0 Å². The van der Waals surface area contributed by atoms with Crippen LogP contribution in [0, 0.1) is 0 Å². The molecule has 0 N–H and O–H groups in total. The van der Waals surface area contributed by atoms with Gasteiger partial charge in [-0.05, 0) is 12.0 Å². The largest absolute Gasteiger partial charge is 0.417 e. The topological polar surface area (TPSA) is 17.1 Å². The summed E-state index contributed by atoms with van der Waals surface area (Å²) in [7, 11) is 0. The number of halogens is 6. The molecule has 1 aromatic carbocycles. The fourth-order valence-corrected chi connectivity index (χ4v) is 1.68. The lowest BCUT2D eigenvalue weighted by Crippen LogP contribution is -2.21. The maximum atomic E-state index is 12.7. The maximum absolute atomic E-state index is 12.7. The smallest absolute Gasteiger partial charge is 0.298 e. The van der Waals surface area contributed by atoms with E-state index in [2.05, 4.69) is 0 Å². The number of carbonyl (C=O) groups is 1. The first kappa shape index (κ1) is 14.5. The van der Waals surface area contributed by atoms with Crippen molar-refractivity contribution in [1.29, 1.82) is 0 Å². The van der Waals surface area contributed by atoms with Crippen molar-refractivity contribution in [2.75, 3.05) is 0 Å². The molecule has 1 rings (SSSR count). The summed E-state index contributed by atoms with van der Waals surface area (Å²) in [6.45, 7) is 1.31. The summed E-state index contributed by atoms with van der Waals surface area (Å²) in [6, 6.07) is 1.64. The highest BCUT2D eigenvalue weighted by atomic mass is 19.4. The first-order valence-electron chi connectivity index (χ1n) is 4.88. The van der Waals surface area contributed by atoms with E-state index < -0.39 is 34.6 Å². The third-order valence-corrected chi connectivity index (χ3v) is 2.40. The van der Waals surface area contributed by atoms with E-state index in [1.54, 1.807) is 0 Å². The van der Waals surface area contributed by atoms with Gasteiger partial charge in [-0.25, -0.2) is 0 Å². The summed E-state index contributed by atoms with van der Waals surface area (Å²) < 4.78 is 76.2. The van der Waals surface area contributed by atoms with Crippen molar-refractivity contribution >= 4 is 6.29 Å². The van der Waals surface area contributed by atoms with Crippen molar-refractivity contribution < 1.29 is 31.1 Å². The Labute approximate surface area is 98.4 Å². The van der Waals surface area contributed by atoms with Crippen molar-refractivity contribution in [3.05, 3.63) is 34.4 Å². The van der Waals surface area contributed by atoms with Crippen LogP contribution in [0.3, 0.4) is 0 Å². The minimum absolute atomic E-state index is 0.211. The summed E-state index contributed by atoms with van der Waals surface area (Å²) in [5.74, 6) is 0. The molecule has 0 spiro atoms. The van der Waals surface area contributed by atoms with Crippen LogP contribution in [0.1, 0.15) is 34.0 Å². The molecule has 0 radical (unpaired) electrons. The zero-order valence-electron chi connectivity index (χ0n) is 9.12. The standard InChI is InChI=1S/C11H8F6O/c1-2-6-3-4-7(5-18)9(11(15,16)17)8(6)10(12,13)14/h3-5H,2H2,1H3. The van der Waals surface area contributed by atoms with Crippen LogP contribution in [0.2, 0.25) is 0 Å². The lowest BCUT2D eigenvalue weighted by atomic mass is 9.94. The third kappa shape index (κ3) is 2.65.